The Bertz CT molecular complexity index is 562. The number of hydrogen-bond donors (Lipinski definition) is 2. The number of para-hydroxylation sites is 1. The van der Waals surface area contributed by atoms with Crippen LogP contribution in [0.15, 0.2) is 29.3 Å². The number of benzene rings is 1. The molecule has 5 heteroatoms. The summed E-state index contributed by atoms with van der Waals surface area (Å²) in [6.45, 7) is 8.75. The SMILES string of the molecule is CN=C(NCC1CCCN(C(C)C)C1)NCC1Cc2ccccc2O1. The minimum Gasteiger partial charge on any atom is -0.488 e. The largest absolute Gasteiger partial charge is 0.488 e. The molecule has 3 rings (SSSR count). The van der Waals surface area contributed by atoms with Crippen LogP contribution in [0.25, 0.3) is 0 Å². The molecule has 1 aromatic rings. The second kappa shape index (κ2) is 8.56. The van der Waals surface area contributed by atoms with E-state index in [0.717, 1.165) is 31.2 Å². The Morgan fingerprint density at radius 1 is 1.28 bits per heavy atom. The molecule has 1 fully saturated rings. The van der Waals surface area contributed by atoms with Gasteiger partial charge in [0.2, 0.25) is 0 Å². The number of guanidine groups is 1. The molecule has 0 aromatic heterocycles. The first kappa shape index (κ1) is 18.1. The topological polar surface area (TPSA) is 48.9 Å². The van der Waals surface area contributed by atoms with Crippen LogP contribution in [-0.4, -0.2) is 56.2 Å². The van der Waals surface area contributed by atoms with Crippen molar-refractivity contribution < 1.29 is 4.74 Å². The second-order valence-corrected chi connectivity index (χ2v) is 7.48. The highest BCUT2D eigenvalue weighted by atomic mass is 16.5. The number of nitrogens with one attached hydrogen (secondary N) is 2. The molecule has 2 N–H and O–H groups in total. The van der Waals surface area contributed by atoms with Gasteiger partial charge in [-0.3, -0.25) is 4.99 Å². The molecule has 0 saturated carbocycles. The molecule has 25 heavy (non-hydrogen) atoms. The quantitative estimate of drug-likeness (QED) is 0.635. The Kier molecular flexibility index (Phi) is 6.19. The predicted molar refractivity (Wildman–Crippen MR) is 103 cm³/mol. The van der Waals surface area contributed by atoms with Gasteiger partial charge in [-0.2, -0.15) is 0 Å². The van der Waals surface area contributed by atoms with Crippen molar-refractivity contribution in [3.8, 4) is 5.75 Å². The van der Waals surface area contributed by atoms with Crippen molar-refractivity contribution in [3.63, 3.8) is 0 Å². The van der Waals surface area contributed by atoms with Crippen molar-refractivity contribution in [3.05, 3.63) is 29.8 Å². The van der Waals surface area contributed by atoms with Crippen LogP contribution >= 0.6 is 0 Å². The molecule has 0 aliphatic carbocycles. The normalized spacial score (nSPS) is 24.1. The lowest BCUT2D eigenvalue weighted by Gasteiger charge is -2.35. The maximum absolute atomic E-state index is 5.98. The molecule has 0 amide bonds. The number of aliphatic imine (C=N–C) groups is 1. The Morgan fingerprint density at radius 2 is 2.08 bits per heavy atom. The van der Waals surface area contributed by atoms with E-state index >= 15 is 0 Å². The summed E-state index contributed by atoms with van der Waals surface area (Å²) in [5, 5.41) is 6.92. The first-order valence-electron chi connectivity index (χ1n) is 9.59. The van der Waals surface area contributed by atoms with Gasteiger partial charge in [0.25, 0.3) is 0 Å². The van der Waals surface area contributed by atoms with Crippen molar-refractivity contribution in [2.75, 3.05) is 33.2 Å². The summed E-state index contributed by atoms with van der Waals surface area (Å²) in [6.07, 6.45) is 3.74. The first-order valence-corrected chi connectivity index (χ1v) is 9.59. The average Bonchev–Trinajstić information content (AvgIpc) is 3.05. The molecule has 2 atom stereocenters. The lowest BCUT2D eigenvalue weighted by atomic mass is 9.97. The van der Waals surface area contributed by atoms with E-state index in [-0.39, 0.29) is 6.10 Å². The highest BCUT2D eigenvalue weighted by Gasteiger charge is 2.23. The van der Waals surface area contributed by atoms with E-state index < -0.39 is 0 Å². The second-order valence-electron chi connectivity index (χ2n) is 7.48. The Labute approximate surface area is 151 Å². The van der Waals surface area contributed by atoms with Crippen LogP contribution in [0.1, 0.15) is 32.3 Å². The number of fused-ring (bicyclic) bond motifs is 1. The van der Waals surface area contributed by atoms with E-state index in [1.165, 1.54) is 31.5 Å². The summed E-state index contributed by atoms with van der Waals surface area (Å²) < 4.78 is 5.98. The molecular weight excluding hydrogens is 312 g/mol. The third-order valence-corrected chi connectivity index (χ3v) is 5.27. The summed E-state index contributed by atoms with van der Waals surface area (Å²) in [7, 11) is 1.83. The van der Waals surface area contributed by atoms with Crippen molar-refractivity contribution in [1.82, 2.24) is 15.5 Å². The van der Waals surface area contributed by atoms with E-state index in [9.17, 15) is 0 Å². The van der Waals surface area contributed by atoms with Gasteiger partial charge >= 0.3 is 0 Å². The third-order valence-electron chi connectivity index (χ3n) is 5.27. The highest BCUT2D eigenvalue weighted by Crippen LogP contribution is 2.27. The molecule has 0 bridgehead atoms. The zero-order valence-electron chi connectivity index (χ0n) is 15.8. The number of hydrogen-bond acceptors (Lipinski definition) is 3. The standard InChI is InChI=1S/C20H32N4O/c1-15(2)24-10-6-7-16(14-24)12-22-20(21-3)23-13-18-11-17-8-4-5-9-19(17)25-18/h4-5,8-9,15-16,18H,6-7,10-14H2,1-3H3,(H2,21,22,23). The highest BCUT2D eigenvalue weighted by molar-refractivity contribution is 5.79. The molecule has 2 heterocycles. The number of ether oxygens (including phenoxy) is 1. The fourth-order valence-corrected chi connectivity index (χ4v) is 3.77. The molecule has 5 nitrogen and oxygen atoms in total. The molecule has 138 valence electrons. The fourth-order valence-electron chi connectivity index (χ4n) is 3.77. The van der Waals surface area contributed by atoms with Gasteiger partial charge in [0.15, 0.2) is 5.96 Å². The van der Waals surface area contributed by atoms with Gasteiger partial charge < -0.3 is 20.3 Å². The predicted octanol–water partition coefficient (Wildman–Crippen LogP) is 2.28. The van der Waals surface area contributed by atoms with Crippen molar-refractivity contribution in [2.45, 2.75) is 45.3 Å². The van der Waals surface area contributed by atoms with Crippen LogP contribution in [0, 0.1) is 5.92 Å². The summed E-state index contributed by atoms with van der Waals surface area (Å²) in [6, 6.07) is 8.93. The van der Waals surface area contributed by atoms with Crippen LogP contribution in [0.2, 0.25) is 0 Å². The van der Waals surface area contributed by atoms with Crippen LogP contribution in [0.4, 0.5) is 0 Å². The number of nitrogens with zero attached hydrogens (tertiary/aromatic N) is 2. The molecule has 2 aliphatic rings. The van der Waals surface area contributed by atoms with Gasteiger partial charge in [-0.1, -0.05) is 18.2 Å². The Morgan fingerprint density at radius 3 is 2.84 bits per heavy atom. The maximum atomic E-state index is 5.98. The van der Waals surface area contributed by atoms with Crippen molar-refractivity contribution in [2.24, 2.45) is 10.9 Å². The fraction of sp³-hybridized carbons (Fsp3) is 0.650. The zero-order valence-corrected chi connectivity index (χ0v) is 15.8. The third kappa shape index (κ3) is 4.88. The van der Waals surface area contributed by atoms with E-state index in [4.69, 9.17) is 4.74 Å². The van der Waals surface area contributed by atoms with Crippen molar-refractivity contribution >= 4 is 5.96 Å². The molecule has 1 aromatic carbocycles. The molecule has 2 aliphatic heterocycles. The molecular formula is C20H32N4O. The average molecular weight is 345 g/mol. The van der Waals surface area contributed by atoms with E-state index in [1.54, 1.807) is 0 Å². The molecule has 0 spiro atoms. The lowest BCUT2D eigenvalue weighted by Crippen LogP contribution is -2.47. The molecule has 1 saturated heterocycles. The Hall–Kier alpha value is -1.75. The minimum atomic E-state index is 0.182. The van der Waals surface area contributed by atoms with Gasteiger partial charge in [-0.15, -0.1) is 0 Å². The van der Waals surface area contributed by atoms with Gasteiger partial charge in [0.05, 0.1) is 6.54 Å². The van der Waals surface area contributed by atoms with Gasteiger partial charge in [-0.25, -0.2) is 0 Å². The van der Waals surface area contributed by atoms with Gasteiger partial charge in [-0.05, 0) is 50.8 Å². The minimum absolute atomic E-state index is 0.182. The first-order chi connectivity index (χ1) is 12.2. The summed E-state index contributed by atoms with van der Waals surface area (Å²) in [4.78, 5) is 6.94. The number of piperidine rings is 1. The molecule has 2 unspecified atom stereocenters. The van der Waals surface area contributed by atoms with E-state index in [2.05, 4.69) is 46.5 Å². The van der Waals surface area contributed by atoms with Crippen LogP contribution < -0.4 is 15.4 Å². The van der Waals surface area contributed by atoms with Crippen LogP contribution in [0.3, 0.4) is 0 Å². The monoisotopic (exact) mass is 344 g/mol. The smallest absolute Gasteiger partial charge is 0.191 e. The summed E-state index contributed by atoms with van der Waals surface area (Å²) in [5.74, 6) is 2.59. The number of likely N-dealkylation sites (tertiary alicyclic amines) is 1. The van der Waals surface area contributed by atoms with Gasteiger partial charge in [0, 0.05) is 32.6 Å². The van der Waals surface area contributed by atoms with Crippen molar-refractivity contribution in [1.29, 1.82) is 0 Å². The van der Waals surface area contributed by atoms with Crippen LogP contribution in [0.5, 0.6) is 5.75 Å². The lowest BCUT2D eigenvalue weighted by molar-refractivity contribution is 0.141. The summed E-state index contributed by atoms with van der Waals surface area (Å²) >= 11 is 0. The van der Waals surface area contributed by atoms with E-state index in [1.807, 2.05) is 19.2 Å². The van der Waals surface area contributed by atoms with Gasteiger partial charge in [0.1, 0.15) is 11.9 Å². The summed E-state index contributed by atoms with van der Waals surface area (Å²) in [5.41, 5.74) is 1.30. The zero-order chi connectivity index (χ0) is 17.6. The number of rotatable bonds is 5. The van der Waals surface area contributed by atoms with Crippen LogP contribution in [-0.2, 0) is 6.42 Å². The van der Waals surface area contributed by atoms with E-state index in [0.29, 0.717) is 12.0 Å². The Balaban J connectivity index is 1.40. The molecule has 0 radical (unpaired) electrons. The maximum Gasteiger partial charge on any atom is 0.191 e.